The number of hydrogen-bond acceptors (Lipinski definition) is 2. The molecular weight excluding hydrogens is 138 g/mol. The van der Waals surface area contributed by atoms with Crippen LogP contribution >= 0.6 is 0 Å². The highest BCUT2D eigenvalue weighted by Gasteiger charge is 2.28. The molecule has 11 heavy (non-hydrogen) atoms. The highest BCUT2D eigenvalue weighted by Crippen LogP contribution is 2.19. The maximum absolute atomic E-state index is 9.39. The van der Waals surface area contributed by atoms with Gasteiger partial charge in [0.1, 0.15) is 0 Å². The quantitative estimate of drug-likeness (QED) is 0.666. The Labute approximate surface area is 69.2 Å². The average molecular weight is 157 g/mol. The van der Waals surface area contributed by atoms with Gasteiger partial charge in [-0.3, -0.25) is 4.90 Å². The summed E-state index contributed by atoms with van der Waals surface area (Å²) < 4.78 is 0. The summed E-state index contributed by atoms with van der Waals surface area (Å²) in [7, 11) is 0. The fraction of sp³-hybridized carbons (Fsp3) is 1.00. The second-order valence-corrected chi connectivity index (χ2v) is 3.45. The van der Waals surface area contributed by atoms with Crippen molar-refractivity contribution in [3.05, 3.63) is 0 Å². The van der Waals surface area contributed by atoms with Crippen molar-refractivity contribution >= 4 is 0 Å². The van der Waals surface area contributed by atoms with Crippen LogP contribution in [0.1, 0.15) is 33.1 Å². The number of aliphatic hydroxyl groups excluding tert-OH is 1. The third-order valence-corrected chi connectivity index (χ3v) is 2.49. The highest BCUT2D eigenvalue weighted by molar-refractivity contribution is 4.83. The molecule has 0 radical (unpaired) electrons. The van der Waals surface area contributed by atoms with Crippen LogP contribution in [0.15, 0.2) is 0 Å². The first kappa shape index (κ1) is 9.01. The Kier molecular flexibility index (Phi) is 3.34. The molecule has 1 aliphatic heterocycles. The van der Waals surface area contributed by atoms with Gasteiger partial charge in [0.25, 0.3) is 0 Å². The Bertz CT molecular complexity index is 116. The molecule has 0 aromatic rings. The van der Waals surface area contributed by atoms with Crippen LogP contribution in [0.3, 0.4) is 0 Å². The molecule has 66 valence electrons. The molecule has 1 saturated heterocycles. The molecule has 1 rings (SSSR count). The number of hydrogen-bond donors (Lipinski definition) is 1. The lowest BCUT2D eigenvalue weighted by Gasteiger charge is -2.21. The van der Waals surface area contributed by atoms with E-state index in [1.807, 2.05) is 0 Å². The zero-order valence-corrected chi connectivity index (χ0v) is 7.58. The molecule has 0 aliphatic carbocycles. The van der Waals surface area contributed by atoms with E-state index in [4.69, 9.17) is 0 Å². The van der Waals surface area contributed by atoms with Gasteiger partial charge in [-0.2, -0.15) is 0 Å². The summed E-state index contributed by atoms with van der Waals surface area (Å²) in [6, 6.07) is 0.643. The maximum atomic E-state index is 9.39. The molecule has 1 fully saturated rings. The molecule has 0 amide bonds. The zero-order chi connectivity index (χ0) is 8.27. The van der Waals surface area contributed by atoms with Gasteiger partial charge >= 0.3 is 0 Å². The predicted octanol–water partition coefficient (Wildman–Crippen LogP) is 1.24. The van der Waals surface area contributed by atoms with Crippen molar-refractivity contribution < 1.29 is 5.11 Å². The van der Waals surface area contributed by atoms with Gasteiger partial charge in [-0.05, 0) is 25.8 Å². The summed E-state index contributed by atoms with van der Waals surface area (Å²) >= 11 is 0. The van der Waals surface area contributed by atoms with E-state index in [-0.39, 0.29) is 6.10 Å². The predicted molar refractivity (Wildman–Crippen MR) is 46.6 cm³/mol. The Morgan fingerprint density at radius 3 is 2.73 bits per heavy atom. The van der Waals surface area contributed by atoms with Crippen LogP contribution in [0, 0.1) is 0 Å². The van der Waals surface area contributed by atoms with Crippen molar-refractivity contribution in [1.29, 1.82) is 0 Å². The zero-order valence-electron chi connectivity index (χ0n) is 7.58. The molecule has 2 atom stereocenters. The van der Waals surface area contributed by atoms with Crippen molar-refractivity contribution in [3.63, 3.8) is 0 Å². The summed E-state index contributed by atoms with van der Waals surface area (Å²) in [5.41, 5.74) is 0. The number of likely N-dealkylation sites (tertiary alicyclic amines) is 1. The normalized spacial score (nSPS) is 33.0. The standard InChI is InChI=1S/C9H19NO/c1-3-5-10-7-9(11)6-8(10)4-2/h8-9,11H,3-7H2,1-2H3/t8-,9-/m0/s1. The fourth-order valence-electron chi connectivity index (χ4n) is 1.94. The van der Waals surface area contributed by atoms with Crippen LogP contribution < -0.4 is 0 Å². The van der Waals surface area contributed by atoms with Gasteiger partial charge in [0.2, 0.25) is 0 Å². The first-order valence-electron chi connectivity index (χ1n) is 4.70. The van der Waals surface area contributed by atoms with Gasteiger partial charge in [-0.1, -0.05) is 13.8 Å². The first-order valence-corrected chi connectivity index (χ1v) is 4.70. The number of rotatable bonds is 3. The SMILES string of the molecule is CCCN1C[C@@H](O)C[C@@H]1CC. The van der Waals surface area contributed by atoms with Crippen LogP contribution in [0.4, 0.5) is 0 Å². The summed E-state index contributed by atoms with van der Waals surface area (Å²) in [5.74, 6) is 0. The van der Waals surface area contributed by atoms with E-state index in [2.05, 4.69) is 18.7 Å². The van der Waals surface area contributed by atoms with E-state index in [1.165, 1.54) is 12.8 Å². The summed E-state index contributed by atoms with van der Waals surface area (Å²) in [6.07, 6.45) is 3.29. The van der Waals surface area contributed by atoms with Gasteiger partial charge in [0.05, 0.1) is 6.10 Å². The molecule has 0 aromatic heterocycles. The van der Waals surface area contributed by atoms with E-state index in [1.54, 1.807) is 0 Å². The minimum absolute atomic E-state index is 0.0634. The summed E-state index contributed by atoms with van der Waals surface area (Å²) in [5, 5.41) is 9.39. The van der Waals surface area contributed by atoms with Crippen molar-refractivity contribution in [2.45, 2.75) is 45.3 Å². The smallest absolute Gasteiger partial charge is 0.0682 e. The first-order chi connectivity index (χ1) is 5.27. The molecule has 1 N–H and O–H groups in total. The lowest BCUT2D eigenvalue weighted by molar-refractivity contribution is 0.175. The lowest BCUT2D eigenvalue weighted by Crippen LogP contribution is -2.29. The fourth-order valence-corrected chi connectivity index (χ4v) is 1.94. The van der Waals surface area contributed by atoms with Crippen LogP contribution in [0.5, 0.6) is 0 Å². The van der Waals surface area contributed by atoms with Gasteiger partial charge in [0, 0.05) is 12.6 Å². The number of β-amino-alcohol motifs (C(OH)–C–C–N with tert-alkyl or cyclic N) is 1. The van der Waals surface area contributed by atoms with Crippen molar-refractivity contribution in [2.24, 2.45) is 0 Å². The molecule has 2 heteroatoms. The Morgan fingerprint density at radius 2 is 2.18 bits per heavy atom. The average Bonchev–Trinajstić information content (AvgIpc) is 2.32. The molecule has 1 heterocycles. The monoisotopic (exact) mass is 157 g/mol. The summed E-state index contributed by atoms with van der Waals surface area (Å²) in [4.78, 5) is 2.41. The van der Waals surface area contributed by atoms with Crippen LogP contribution in [0.25, 0.3) is 0 Å². The maximum Gasteiger partial charge on any atom is 0.0682 e. The molecule has 2 nitrogen and oxygen atoms in total. The number of aliphatic hydroxyl groups is 1. The van der Waals surface area contributed by atoms with Gasteiger partial charge in [0.15, 0.2) is 0 Å². The largest absolute Gasteiger partial charge is 0.392 e. The molecular formula is C9H19NO. The lowest BCUT2D eigenvalue weighted by atomic mass is 10.1. The minimum atomic E-state index is -0.0634. The van der Waals surface area contributed by atoms with Gasteiger partial charge < -0.3 is 5.11 Å². The molecule has 0 aromatic carbocycles. The molecule has 0 bridgehead atoms. The van der Waals surface area contributed by atoms with E-state index in [0.29, 0.717) is 6.04 Å². The van der Waals surface area contributed by atoms with Gasteiger partial charge in [-0.15, -0.1) is 0 Å². The Hall–Kier alpha value is -0.0800. The van der Waals surface area contributed by atoms with E-state index in [0.717, 1.165) is 19.5 Å². The Balaban J connectivity index is 2.37. The van der Waals surface area contributed by atoms with Crippen molar-refractivity contribution in [3.8, 4) is 0 Å². The molecule has 0 saturated carbocycles. The summed E-state index contributed by atoms with van der Waals surface area (Å²) in [6.45, 7) is 6.44. The van der Waals surface area contributed by atoms with Crippen molar-refractivity contribution in [1.82, 2.24) is 4.90 Å². The number of nitrogens with zero attached hydrogens (tertiary/aromatic N) is 1. The molecule has 1 aliphatic rings. The second-order valence-electron chi connectivity index (χ2n) is 3.45. The third-order valence-electron chi connectivity index (χ3n) is 2.49. The topological polar surface area (TPSA) is 23.5 Å². The van der Waals surface area contributed by atoms with E-state index >= 15 is 0 Å². The van der Waals surface area contributed by atoms with Crippen LogP contribution in [0.2, 0.25) is 0 Å². The van der Waals surface area contributed by atoms with Gasteiger partial charge in [-0.25, -0.2) is 0 Å². The molecule has 0 spiro atoms. The minimum Gasteiger partial charge on any atom is -0.392 e. The third kappa shape index (κ3) is 2.17. The van der Waals surface area contributed by atoms with Crippen LogP contribution in [-0.2, 0) is 0 Å². The van der Waals surface area contributed by atoms with Crippen LogP contribution in [-0.4, -0.2) is 35.2 Å². The van der Waals surface area contributed by atoms with E-state index < -0.39 is 0 Å². The highest BCUT2D eigenvalue weighted by atomic mass is 16.3. The van der Waals surface area contributed by atoms with E-state index in [9.17, 15) is 5.11 Å². The van der Waals surface area contributed by atoms with Crippen molar-refractivity contribution in [2.75, 3.05) is 13.1 Å². The molecule has 0 unspecified atom stereocenters. The Morgan fingerprint density at radius 1 is 1.45 bits per heavy atom. The second kappa shape index (κ2) is 4.07.